The first kappa shape index (κ1) is 21.8. The predicted molar refractivity (Wildman–Crippen MR) is 99.8 cm³/mol. The Labute approximate surface area is 154 Å². The van der Waals surface area contributed by atoms with E-state index in [1.807, 2.05) is 0 Å². The van der Waals surface area contributed by atoms with Crippen LogP contribution in [0.1, 0.15) is 54.9 Å². The zero-order chi connectivity index (χ0) is 19.9. The molecule has 1 aromatic carbocycles. The van der Waals surface area contributed by atoms with Gasteiger partial charge in [0.2, 0.25) is 0 Å². The first-order valence-corrected chi connectivity index (χ1v) is 8.97. The third-order valence-corrected chi connectivity index (χ3v) is 4.60. The van der Waals surface area contributed by atoms with Gasteiger partial charge in [0.05, 0.1) is 0 Å². The zero-order valence-corrected chi connectivity index (χ0v) is 16.0. The lowest BCUT2D eigenvalue weighted by molar-refractivity contribution is -0.139. The molecule has 0 spiro atoms. The van der Waals surface area contributed by atoms with Crippen molar-refractivity contribution in [1.82, 2.24) is 5.32 Å². The van der Waals surface area contributed by atoms with Crippen molar-refractivity contribution in [2.24, 2.45) is 5.73 Å². The van der Waals surface area contributed by atoms with Gasteiger partial charge in [-0.05, 0) is 69.7 Å². The van der Waals surface area contributed by atoms with E-state index < -0.39 is 18.1 Å². The van der Waals surface area contributed by atoms with Crippen LogP contribution in [0, 0.1) is 20.8 Å². The average molecular weight is 366 g/mol. The Bertz CT molecular complexity index is 658. The van der Waals surface area contributed by atoms with Crippen molar-refractivity contribution in [2.75, 3.05) is 6.54 Å². The fourth-order valence-electron chi connectivity index (χ4n) is 2.81. The number of aliphatic carboxylic acids is 1. The third kappa shape index (κ3) is 5.36. The van der Waals surface area contributed by atoms with Crippen LogP contribution < -0.4 is 15.8 Å². The van der Waals surface area contributed by atoms with Crippen molar-refractivity contribution in [3.05, 3.63) is 22.3 Å². The minimum atomic E-state index is -1.13. The molecule has 1 atom stereocenters. The van der Waals surface area contributed by atoms with Gasteiger partial charge in [-0.25, -0.2) is 9.59 Å². The number of unbranched alkanes of at least 4 members (excludes halogenated alkanes) is 1. The summed E-state index contributed by atoms with van der Waals surface area (Å²) in [6.45, 7) is 7.72. The Morgan fingerprint density at radius 1 is 1.15 bits per heavy atom. The lowest BCUT2D eigenvalue weighted by Crippen LogP contribution is -2.42. The molecular formula is C19H30N2O5. The molecule has 0 aliphatic heterocycles. The van der Waals surface area contributed by atoms with E-state index >= 15 is 0 Å². The summed E-state index contributed by atoms with van der Waals surface area (Å²) in [5.41, 5.74) is 8.17. The molecule has 7 heteroatoms. The predicted octanol–water partition coefficient (Wildman–Crippen LogP) is 2.94. The van der Waals surface area contributed by atoms with Gasteiger partial charge in [0.1, 0.15) is 17.5 Å². The van der Waals surface area contributed by atoms with Crippen LogP contribution in [0.15, 0.2) is 0 Å². The number of hydrogen-bond acceptors (Lipinski definition) is 5. The van der Waals surface area contributed by atoms with Gasteiger partial charge in [0.15, 0.2) is 0 Å². The summed E-state index contributed by atoms with van der Waals surface area (Å²) >= 11 is 0. The summed E-state index contributed by atoms with van der Waals surface area (Å²) in [4.78, 5) is 23.6. The third-order valence-electron chi connectivity index (χ3n) is 4.60. The molecule has 0 saturated heterocycles. The summed E-state index contributed by atoms with van der Waals surface area (Å²) < 4.78 is 5.49. The lowest BCUT2D eigenvalue weighted by Gasteiger charge is -2.20. The number of amides is 1. The van der Waals surface area contributed by atoms with Crippen LogP contribution in [-0.2, 0) is 11.2 Å². The number of benzene rings is 1. The number of nitrogens with two attached hydrogens (primary N) is 1. The van der Waals surface area contributed by atoms with E-state index in [-0.39, 0.29) is 12.2 Å². The number of carboxylic acid groups (broad SMARTS) is 1. The second kappa shape index (κ2) is 10.0. The molecule has 0 radical (unpaired) electrons. The van der Waals surface area contributed by atoms with E-state index in [2.05, 4.69) is 12.2 Å². The Kier molecular flexibility index (Phi) is 8.38. The van der Waals surface area contributed by atoms with Crippen molar-refractivity contribution in [3.8, 4) is 11.5 Å². The van der Waals surface area contributed by atoms with E-state index in [1.54, 1.807) is 20.8 Å². The number of nitrogens with one attached hydrogen (secondary N) is 1. The molecule has 0 aromatic heterocycles. The van der Waals surface area contributed by atoms with E-state index in [4.69, 9.17) is 10.5 Å². The largest absolute Gasteiger partial charge is 0.507 e. The van der Waals surface area contributed by atoms with Crippen molar-refractivity contribution >= 4 is 12.1 Å². The standard InChI is InChI=1S/C19H30N2O5/c1-5-6-8-14-13(4)16(22)11(2)12(3)17(14)26-19(25)21-15(18(23)24)9-7-10-20/h15,22H,5-10,20H2,1-4H3,(H,21,25)(H,23,24)/t15-/m1/s1. The van der Waals surface area contributed by atoms with Crippen LogP contribution in [0.25, 0.3) is 0 Å². The van der Waals surface area contributed by atoms with E-state index in [0.29, 0.717) is 41.8 Å². The molecule has 0 aliphatic carbocycles. The summed E-state index contributed by atoms with van der Waals surface area (Å²) in [6, 6.07) is -1.05. The van der Waals surface area contributed by atoms with E-state index in [9.17, 15) is 19.8 Å². The second-order valence-electron chi connectivity index (χ2n) is 6.49. The number of aromatic hydroxyl groups is 1. The van der Waals surface area contributed by atoms with Crippen molar-refractivity contribution < 1.29 is 24.5 Å². The smallest absolute Gasteiger partial charge is 0.413 e. The molecule has 0 saturated carbocycles. The topological polar surface area (TPSA) is 122 Å². The maximum atomic E-state index is 12.3. The highest BCUT2D eigenvalue weighted by Gasteiger charge is 2.24. The summed E-state index contributed by atoms with van der Waals surface area (Å²) in [6.07, 6.45) is 2.40. The van der Waals surface area contributed by atoms with E-state index in [1.165, 1.54) is 0 Å². The highest BCUT2D eigenvalue weighted by atomic mass is 16.6. The SMILES string of the molecule is CCCCc1c(C)c(O)c(C)c(C)c1OC(=O)N[C@H](CCCN)C(=O)O. The van der Waals surface area contributed by atoms with Crippen molar-refractivity contribution in [2.45, 2.75) is 65.8 Å². The number of ether oxygens (including phenoxy) is 1. The number of carbonyl (C=O) groups excluding carboxylic acids is 1. The number of phenols is 1. The van der Waals surface area contributed by atoms with Crippen LogP contribution in [0.4, 0.5) is 4.79 Å². The molecule has 0 unspecified atom stereocenters. The minimum Gasteiger partial charge on any atom is -0.507 e. The Hall–Kier alpha value is -2.28. The Morgan fingerprint density at radius 2 is 1.81 bits per heavy atom. The average Bonchev–Trinajstić information content (AvgIpc) is 2.60. The number of rotatable bonds is 9. The van der Waals surface area contributed by atoms with Gasteiger partial charge in [-0.2, -0.15) is 0 Å². The molecule has 5 N–H and O–H groups in total. The number of hydrogen-bond donors (Lipinski definition) is 4. The molecule has 1 amide bonds. The molecular weight excluding hydrogens is 336 g/mol. The van der Waals surface area contributed by atoms with Crippen molar-refractivity contribution in [1.29, 1.82) is 0 Å². The van der Waals surface area contributed by atoms with Crippen molar-refractivity contribution in [3.63, 3.8) is 0 Å². The quantitative estimate of drug-likeness (QED) is 0.533. The monoisotopic (exact) mass is 366 g/mol. The molecule has 0 fully saturated rings. The second-order valence-corrected chi connectivity index (χ2v) is 6.49. The molecule has 0 heterocycles. The van der Waals surface area contributed by atoms with Gasteiger partial charge < -0.3 is 26.0 Å². The molecule has 7 nitrogen and oxygen atoms in total. The zero-order valence-electron chi connectivity index (χ0n) is 16.0. The number of phenolic OH excluding ortho intramolecular Hbond substituents is 1. The van der Waals surface area contributed by atoms with Crippen LogP contribution in [0.2, 0.25) is 0 Å². The van der Waals surface area contributed by atoms with Gasteiger partial charge in [0, 0.05) is 5.56 Å². The van der Waals surface area contributed by atoms with Gasteiger partial charge in [-0.3, -0.25) is 0 Å². The highest BCUT2D eigenvalue weighted by Crippen LogP contribution is 2.38. The van der Waals surface area contributed by atoms with Crippen LogP contribution >= 0.6 is 0 Å². The van der Waals surface area contributed by atoms with Gasteiger partial charge in [-0.1, -0.05) is 13.3 Å². The Balaban J connectivity index is 3.10. The molecule has 0 bridgehead atoms. The molecule has 26 heavy (non-hydrogen) atoms. The fraction of sp³-hybridized carbons (Fsp3) is 0.579. The molecule has 1 aromatic rings. The van der Waals surface area contributed by atoms with Crippen LogP contribution in [0.5, 0.6) is 11.5 Å². The normalized spacial score (nSPS) is 11.9. The van der Waals surface area contributed by atoms with Crippen LogP contribution in [0.3, 0.4) is 0 Å². The summed E-state index contributed by atoms with van der Waals surface area (Å²) in [5, 5.41) is 21.9. The van der Waals surface area contributed by atoms with Gasteiger partial charge in [0.25, 0.3) is 0 Å². The summed E-state index contributed by atoms with van der Waals surface area (Å²) in [5.74, 6) is -0.532. The first-order valence-electron chi connectivity index (χ1n) is 8.97. The molecule has 1 rings (SSSR count). The highest BCUT2D eigenvalue weighted by molar-refractivity contribution is 5.81. The minimum absolute atomic E-state index is 0.202. The molecule has 146 valence electrons. The maximum Gasteiger partial charge on any atom is 0.413 e. The van der Waals surface area contributed by atoms with Gasteiger partial charge in [-0.15, -0.1) is 0 Å². The molecule has 0 aliphatic rings. The first-order chi connectivity index (χ1) is 12.2. The number of carbonyl (C=O) groups is 2. The van der Waals surface area contributed by atoms with Gasteiger partial charge >= 0.3 is 12.1 Å². The maximum absolute atomic E-state index is 12.3. The summed E-state index contributed by atoms with van der Waals surface area (Å²) in [7, 11) is 0. The fourth-order valence-corrected chi connectivity index (χ4v) is 2.81. The van der Waals surface area contributed by atoms with Crippen LogP contribution in [-0.4, -0.2) is 34.9 Å². The van der Waals surface area contributed by atoms with E-state index in [0.717, 1.165) is 18.4 Å². The Morgan fingerprint density at radius 3 is 2.35 bits per heavy atom. The lowest BCUT2D eigenvalue weighted by atomic mass is 9.94. The number of carboxylic acids is 1.